The summed E-state index contributed by atoms with van der Waals surface area (Å²) in [5.74, 6) is -1.07. The molecule has 4 rings (SSSR count). The predicted molar refractivity (Wildman–Crippen MR) is 173 cm³/mol. The third-order valence-electron chi connectivity index (χ3n) is 9.66. The molecule has 2 spiro atoms. The van der Waals surface area contributed by atoms with Crippen LogP contribution in [0.2, 0.25) is 0 Å². The van der Waals surface area contributed by atoms with Crippen molar-refractivity contribution in [3.8, 4) is 0 Å². The minimum absolute atomic E-state index is 0.291. The highest BCUT2D eigenvalue weighted by atomic mass is 17.3. The molecule has 0 aromatic heterocycles. The van der Waals surface area contributed by atoms with Gasteiger partial charge < -0.3 is 5.11 Å². The molecule has 2 aliphatic carbocycles. The van der Waals surface area contributed by atoms with Crippen LogP contribution in [-0.4, -0.2) is 49.7 Å². The Balaban J connectivity index is 0.000000257. The maximum absolute atomic E-state index is 8.83. The van der Waals surface area contributed by atoms with E-state index in [-0.39, 0.29) is 0 Å². The second kappa shape index (κ2) is 25.6. The predicted octanol–water partition coefficient (Wildman–Crippen LogP) is 9.74. The number of hydrogen-bond acceptors (Lipinski definition) is 9. The van der Waals surface area contributed by atoms with E-state index in [1.165, 1.54) is 89.9 Å². The fourth-order valence-corrected chi connectivity index (χ4v) is 6.73. The van der Waals surface area contributed by atoms with E-state index < -0.39 is 11.6 Å². The van der Waals surface area contributed by atoms with Crippen LogP contribution in [-0.2, 0) is 39.1 Å². The van der Waals surface area contributed by atoms with Crippen LogP contribution in [0.15, 0.2) is 0 Å². The van der Waals surface area contributed by atoms with Crippen molar-refractivity contribution in [2.75, 3.05) is 33.0 Å². The minimum Gasteiger partial charge on any atom is -0.396 e. The molecule has 45 heavy (non-hydrogen) atoms. The first-order valence-corrected chi connectivity index (χ1v) is 19.1. The molecule has 2 aliphatic heterocycles. The van der Waals surface area contributed by atoms with E-state index in [1.54, 1.807) is 0 Å². The largest absolute Gasteiger partial charge is 0.396 e. The van der Waals surface area contributed by atoms with E-state index in [4.69, 9.17) is 44.2 Å². The zero-order valence-corrected chi connectivity index (χ0v) is 28.6. The van der Waals surface area contributed by atoms with Gasteiger partial charge in [-0.05, 0) is 38.5 Å². The molecule has 2 saturated carbocycles. The van der Waals surface area contributed by atoms with Gasteiger partial charge in [-0.1, -0.05) is 109 Å². The highest BCUT2D eigenvalue weighted by Gasteiger charge is 2.37. The van der Waals surface area contributed by atoms with Crippen LogP contribution in [0, 0.1) is 5.92 Å². The van der Waals surface area contributed by atoms with Crippen molar-refractivity contribution >= 4 is 0 Å². The first kappa shape index (κ1) is 39.1. The summed E-state index contributed by atoms with van der Waals surface area (Å²) in [5, 5.41) is 8.83. The summed E-state index contributed by atoms with van der Waals surface area (Å²) in [6, 6.07) is 0. The molecule has 266 valence electrons. The second-order valence-corrected chi connectivity index (χ2v) is 13.9. The maximum atomic E-state index is 8.83. The molecular weight excluding hydrogens is 576 g/mol. The molecule has 0 radical (unpaired) electrons. The molecule has 0 bridgehead atoms. The van der Waals surface area contributed by atoms with E-state index >= 15 is 0 Å². The lowest BCUT2D eigenvalue weighted by Gasteiger charge is -2.34. The van der Waals surface area contributed by atoms with E-state index in [2.05, 4.69) is 0 Å². The Hall–Kier alpha value is -0.360. The molecule has 0 aromatic carbocycles. The molecule has 2 saturated heterocycles. The van der Waals surface area contributed by atoms with Crippen molar-refractivity contribution in [2.45, 2.75) is 191 Å². The van der Waals surface area contributed by atoms with Gasteiger partial charge in [0.1, 0.15) is 0 Å². The third kappa shape index (κ3) is 18.1. The Labute approximate surface area is 274 Å². The van der Waals surface area contributed by atoms with Crippen LogP contribution in [0.4, 0.5) is 0 Å². The van der Waals surface area contributed by atoms with Gasteiger partial charge in [-0.25, -0.2) is 19.6 Å². The molecule has 4 aliphatic rings. The molecule has 1 N–H and O–H groups in total. The number of aliphatic hydroxyl groups excluding tert-OH is 1. The summed E-state index contributed by atoms with van der Waals surface area (Å²) >= 11 is 0. The molecule has 0 unspecified atom stereocenters. The summed E-state index contributed by atoms with van der Waals surface area (Å²) in [6.45, 7) is 2.62. The maximum Gasteiger partial charge on any atom is 0.233 e. The Kier molecular flexibility index (Phi) is 22.3. The van der Waals surface area contributed by atoms with E-state index in [1.807, 2.05) is 0 Å². The van der Waals surface area contributed by atoms with E-state index in [0.29, 0.717) is 39.0 Å². The molecule has 0 atom stereocenters. The normalized spacial score (nSPS) is 25.8. The van der Waals surface area contributed by atoms with E-state index in [9.17, 15) is 0 Å². The van der Waals surface area contributed by atoms with Crippen molar-refractivity contribution in [1.82, 2.24) is 0 Å². The standard InChI is InChI=1S/C21H40O5.C15H28O4/c22-17-13-9-6-10-14-20-18-23-25-21(26-24-19-20)15-11-7-4-2-1-3-5-8-12-16-21;1-2-4-6-8-11-15(12-9-7-5-3-1)18-16-13-10-14-17-19-15/h20,22H,1-19H2;1-14H2. The van der Waals surface area contributed by atoms with Crippen molar-refractivity contribution < 1.29 is 44.2 Å². The summed E-state index contributed by atoms with van der Waals surface area (Å²) < 4.78 is 0. The Morgan fingerprint density at radius 1 is 0.400 bits per heavy atom. The SMILES string of the molecule is C1CCCCCC2(CCCCC1)OOCCCOO2.OCCCCCCC1COOC2(CCCCCCCCCCC2)OOC1. The van der Waals surface area contributed by atoms with Gasteiger partial charge in [0.25, 0.3) is 0 Å². The number of aliphatic hydroxyl groups is 1. The quantitative estimate of drug-likeness (QED) is 0.224. The lowest BCUT2D eigenvalue weighted by molar-refractivity contribution is -0.531. The summed E-state index contributed by atoms with van der Waals surface area (Å²) in [5.41, 5.74) is 0. The highest BCUT2D eigenvalue weighted by molar-refractivity contribution is 4.71. The average Bonchev–Trinajstić information content (AvgIpc) is 3.01. The summed E-state index contributed by atoms with van der Waals surface area (Å²) in [7, 11) is 0. The number of hydrogen-bond donors (Lipinski definition) is 1. The Morgan fingerprint density at radius 2 is 0.756 bits per heavy atom. The molecule has 2 heterocycles. The van der Waals surface area contributed by atoms with Crippen LogP contribution in [0.25, 0.3) is 0 Å². The van der Waals surface area contributed by atoms with Gasteiger partial charge in [-0.15, -0.1) is 0 Å². The summed E-state index contributed by atoms with van der Waals surface area (Å²) in [4.78, 5) is 44.6. The molecule has 9 nitrogen and oxygen atoms in total. The minimum atomic E-state index is -0.717. The smallest absolute Gasteiger partial charge is 0.233 e. The molecule has 0 amide bonds. The van der Waals surface area contributed by atoms with Crippen molar-refractivity contribution in [1.29, 1.82) is 0 Å². The first-order valence-electron chi connectivity index (χ1n) is 19.1. The second-order valence-electron chi connectivity index (χ2n) is 13.9. The van der Waals surface area contributed by atoms with Gasteiger partial charge in [0.05, 0.1) is 26.4 Å². The van der Waals surface area contributed by atoms with Crippen molar-refractivity contribution in [2.24, 2.45) is 5.92 Å². The molecular formula is C36H68O9. The fraction of sp³-hybridized carbons (Fsp3) is 1.00. The first-order chi connectivity index (χ1) is 22.3. The topological polar surface area (TPSA) is 94.1 Å². The highest BCUT2D eigenvalue weighted by Crippen LogP contribution is 2.33. The van der Waals surface area contributed by atoms with Crippen LogP contribution in [0.5, 0.6) is 0 Å². The molecule has 0 aromatic rings. The lowest BCUT2D eigenvalue weighted by atomic mass is 9.97. The van der Waals surface area contributed by atoms with Gasteiger partial charge in [0.2, 0.25) is 11.6 Å². The van der Waals surface area contributed by atoms with Gasteiger partial charge in [-0.2, -0.15) is 19.6 Å². The Bertz CT molecular complexity index is 633. The third-order valence-corrected chi connectivity index (χ3v) is 9.66. The fourth-order valence-electron chi connectivity index (χ4n) is 6.73. The molecule has 4 fully saturated rings. The van der Waals surface area contributed by atoms with E-state index in [0.717, 1.165) is 89.9 Å². The van der Waals surface area contributed by atoms with Crippen LogP contribution in [0.3, 0.4) is 0 Å². The van der Waals surface area contributed by atoms with Crippen LogP contribution < -0.4 is 0 Å². The number of unbranched alkanes of at least 4 members (excludes halogenated alkanes) is 3. The molecule has 9 heteroatoms. The number of rotatable bonds is 6. The van der Waals surface area contributed by atoms with Gasteiger partial charge in [0, 0.05) is 44.6 Å². The van der Waals surface area contributed by atoms with Crippen LogP contribution in [0.1, 0.15) is 180 Å². The Morgan fingerprint density at radius 3 is 1.16 bits per heavy atom. The van der Waals surface area contributed by atoms with Gasteiger partial charge in [-0.3, -0.25) is 0 Å². The van der Waals surface area contributed by atoms with Gasteiger partial charge in [0.15, 0.2) is 0 Å². The van der Waals surface area contributed by atoms with Crippen molar-refractivity contribution in [3.63, 3.8) is 0 Å². The zero-order chi connectivity index (χ0) is 31.6. The average molecular weight is 645 g/mol. The van der Waals surface area contributed by atoms with Crippen LogP contribution >= 0.6 is 0 Å². The summed E-state index contributed by atoms with van der Waals surface area (Å²) in [6.07, 6.45) is 32.3. The zero-order valence-electron chi connectivity index (χ0n) is 28.6. The lowest BCUT2D eigenvalue weighted by Crippen LogP contribution is -2.40. The van der Waals surface area contributed by atoms with Crippen molar-refractivity contribution in [3.05, 3.63) is 0 Å². The van der Waals surface area contributed by atoms with Gasteiger partial charge >= 0.3 is 0 Å². The monoisotopic (exact) mass is 644 g/mol.